The summed E-state index contributed by atoms with van der Waals surface area (Å²) in [6, 6.07) is 8.16. The number of nitrogens with zero attached hydrogens (tertiary/aromatic N) is 1. The predicted molar refractivity (Wildman–Crippen MR) is 87.2 cm³/mol. The molecule has 1 aliphatic rings. The van der Waals surface area contributed by atoms with Gasteiger partial charge in [0.15, 0.2) is 0 Å². The molecule has 1 aromatic carbocycles. The molecule has 23 heavy (non-hydrogen) atoms. The fraction of sp³-hybridized carbons (Fsp3) is 0.556. The number of hydrogen-bond donors (Lipinski definition) is 0. The summed E-state index contributed by atoms with van der Waals surface area (Å²) in [5.74, 6) is -0.435. The van der Waals surface area contributed by atoms with Gasteiger partial charge in [-0.25, -0.2) is 4.79 Å². The third-order valence-electron chi connectivity index (χ3n) is 3.92. The Morgan fingerprint density at radius 2 is 1.87 bits per heavy atom. The van der Waals surface area contributed by atoms with Crippen LogP contribution < -0.4 is 0 Å². The minimum Gasteiger partial charge on any atom is -0.468 e. The lowest BCUT2D eigenvalue weighted by Gasteiger charge is -2.35. The monoisotopic (exact) mass is 319 g/mol. The predicted octanol–water partition coefficient (Wildman–Crippen LogP) is 2.95. The van der Waals surface area contributed by atoms with Crippen molar-refractivity contribution in [1.82, 2.24) is 4.90 Å². The Labute approximate surface area is 137 Å². The van der Waals surface area contributed by atoms with Gasteiger partial charge in [0.25, 0.3) is 0 Å². The van der Waals surface area contributed by atoms with E-state index in [1.807, 2.05) is 32.9 Å². The van der Waals surface area contributed by atoms with Gasteiger partial charge in [-0.1, -0.05) is 24.3 Å². The number of hydrogen-bond acceptors (Lipinski definition) is 4. The van der Waals surface area contributed by atoms with Crippen molar-refractivity contribution in [3.63, 3.8) is 0 Å². The lowest BCUT2D eigenvalue weighted by molar-refractivity contribution is -0.142. The first kappa shape index (κ1) is 17.3. The van der Waals surface area contributed by atoms with Crippen molar-refractivity contribution in [2.45, 2.75) is 51.7 Å². The van der Waals surface area contributed by atoms with Gasteiger partial charge in [0.2, 0.25) is 0 Å². The molecule has 1 unspecified atom stereocenters. The Bertz CT molecular complexity index is 577. The van der Waals surface area contributed by atoms with E-state index in [1.54, 1.807) is 0 Å². The second-order valence-corrected chi connectivity index (χ2v) is 6.85. The van der Waals surface area contributed by atoms with E-state index in [0.717, 1.165) is 19.3 Å². The number of ether oxygens (including phenoxy) is 2. The van der Waals surface area contributed by atoms with Crippen LogP contribution in [0, 0.1) is 0 Å². The van der Waals surface area contributed by atoms with Crippen LogP contribution in [0.3, 0.4) is 0 Å². The highest BCUT2D eigenvalue weighted by atomic mass is 16.6. The molecular formula is C18H25NO4. The van der Waals surface area contributed by atoms with Gasteiger partial charge in [-0.05, 0) is 51.2 Å². The molecule has 0 saturated carbocycles. The molecule has 2 rings (SSSR count). The second kappa shape index (κ2) is 7.02. The Hall–Kier alpha value is -2.04. The van der Waals surface area contributed by atoms with Crippen LogP contribution in [-0.2, 0) is 27.1 Å². The molecular weight excluding hydrogens is 294 g/mol. The van der Waals surface area contributed by atoms with E-state index >= 15 is 0 Å². The van der Waals surface area contributed by atoms with Gasteiger partial charge in [-0.15, -0.1) is 0 Å². The Morgan fingerprint density at radius 1 is 1.22 bits per heavy atom. The first-order valence-electron chi connectivity index (χ1n) is 7.93. The molecule has 1 aliphatic carbocycles. The number of rotatable bonds is 3. The Morgan fingerprint density at radius 3 is 2.48 bits per heavy atom. The molecule has 0 heterocycles. The fourth-order valence-corrected chi connectivity index (χ4v) is 2.81. The molecule has 5 nitrogen and oxygen atoms in total. The highest BCUT2D eigenvalue weighted by molar-refractivity contribution is 5.78. The van der Waals surface area contributed by atoms with Crippen LogP contribution in [0.4, 0.5) is 4.79 Å². The summed E-state index contributed by atoms with van der Waals surface area (Å²) < 4.78 is 10.2. The summed E-state index contributed by atoms with van der Waals surface area (Å²) in [5.41, 5.74) is 1.94. The van der Waals surface area contributed by atoms with E-state index in [1.165, 1.54) is 23.1 Å². The maximum absolute atomic E-state index is 12.5. The zero-order valence-electron chi connectivity index (χ0n) is 14.3. The van der Waals surface area contributed by atoms with E-state index in [0.29, 0.717) is 0 Å². The van der Waals surface area contributed by atoms with Crippen molar-refractivity contribution < 1.29 is 19.1 Å². The van der Waals surface area contributed by atoms with E-state index < -0.39 is 17.7 Å². The minimum absolute atomic E-state index is 0.0566. The average Bonchev–Trinajstić information content (AvgIpc) is 2.50. The molecule has 1 atom stereocenters. The quantitative estimate of drug-likeness (QED) is 0.804. The number of amides is 1. The molecule has 0 N–H and O–H groups in total. The number of benzene rings is 1. The molecule has 0 spiro atoms. The van der Waals surface area contributed by atoms with Gasteiger partial charge >= 0.3 is 12.1 Å². The van der Waals surface area contributed by atoms with Crippen molar-refractivity contribution in [3.8, 4) is 0 Å². The SMILES string of the molecule is COC(=O)CN(C(=O)OC(C)(C)C)C1CCc2ccccc2C1. The summed E-state index contributed by atoms with van der Waals surface area (Å²) in [6.07, 6.45) is 1.97. The van der Waals surface area contributed by atoms with Crippen LogP contribution in [0.15, 0.2) is 24.3 Å². The van der Waals surface area contributed by atoms with Gasteiger partial charge in [-0.3, -0.25) is 9.69 Å². The van der Waals surface area contributed by atoms with Crippen molar-refractivity contribution in [3.05, 3.63) is 35.4 Å². The number of aryl methyl sites for hydroxylation is 1. The zero-order valence-corrected chi connectivity index (χ0v) is 14.3. The van der Waals surface area contributed by atoms with Gasteiger partial charge in [0, 0.05) is 6.04 Å². The molecule has 0 aromatic heterocycles. The molecule has 126 valence electrons. The zero-order chi connectivity index (χ0) is 17.0. The minimum atomic E-state index is -0.599. The van der Waals surface area contributed by atoms with Crippen LogP contribution in [0.2, 0.25) is 0 Å². The molecule has 0 radical (unpaired) electrons. The smallest absolute Gasteiger partial charge is 0.411 e. The maximum atomic E-state index is 12.5. The highest BCUT2D eigenvalue weighted by Gasteiger charge is 2.32. The van der Waals surface area contributed by atoms with Crippen LogP contribution in [-0.4, -0.2) is 42.3 Å². The summed E-state index contributed by atoms with van der Waals surface area (Å²) >= 11 is 0. The van der Waals surface area contributed by atoms with Gasteiger partial charge in [0.05, 0.1) is 7.11 Å². The van der Waals surface area contributed by atoms with E-state index in [2.05, 4.69) is 12.1 Å². The Balaban J connectivity index is 2.17. The van der Waals surface area contributed by atoms with Gasteiger partial charge in [-0.2, -0.15) is 0 Å². The third-order valence-corrected chi connectivity index (χ3v) is 3.92. The van der Waals surface area contributed by atoms with Crippen molar-refractivity contribution in [2.75, 3.05) is 13.7 Å². The number of carbonyl (C=O) groups is 2. The molecule has 1 aromatic rings. The van der Waals surface area contributed by atoms with Gasteiger partial charge < -0.3 is 9.47 Å². The van der Waals surface area contributed by atoms with E-state index in [4.69, 9.17) is 9.47 Å². The Kier molecular flexibility index (Phi) is 5.29. The first-order chi connectivity index (χ1) is 10.8. The van der Waals surface area contributed by atoms with Crippen molar-refractivity contribution in [1.29, 1.82) is 0 Å². The van der Waals surface area contributed by atoms with Crippen LogP contribution in [0.1, 0.15) is 38.3 Å². The molecule has 0 bridgehead atoms. The van der Waals surface area contributed by atoms with E-state index in [-0.39, 0.29) is 12.6 Å². The van der Waals surface area contributed by atoms with Gasteiger partial charge in [0.1, 0.15) is 12.1 Å². The first-order valence-corrected chi connectivity index (χ1v) is 7.93. The number of esters is 1. The summed E-state index contributed by atoms with van der Waals surface area (Å²) in [6.45, 7) is 5.37. The number of methoxy groups -OCH3 is 1. The molecule has 0 aliphatic heterocycles. The lowest BCUT2D eigenvalue weighted by atomic mass is 9.87. The summed E-state index contributed by atoms with van der Waals surface area (Å²) in [4.78, 5) is 25.7. The third kappa shape index (κ3) is 4.71. The molecule has 1 amide bonds. The maximum Gasteiger partial charge on any atom is 0.411 e. The second-order valence-electron chi connectivity index (χ2n) is 6.85. The van der Waals surface area contributed by atoms with Crippen LogP contribution in [0.5, 0.6) is 0 Å². The normalized spacial score (nSPS) is 17.1. The number of fused-ring (bicyclic) bond motifs is 1. The standard InChI is InChI=1S/C18H25NO4/c1-18(2,3)23-17(21)19(12-16(20)22-4)15-10-9-13-7-5-6-8-14(13)11-15/h5-8,15H,9-12H2,1-4H3. The summed E-state index contributed by atoms with van der Waals surface area (Å²) in [7, 11) is 1.33. The fourth-order valence-electron chi connectivity index (χ4n) is 2.81. The number of carbonyl (C=O) groups excluding carboxylic acids is 2. The van der Waals surface area contributed by atoms with Crippen LogP contribution in [0.25, 0.3) is 0 Å². The lowest BCUT2D eigenvalue weighted by Crippen LogP contribution is -2.48. The summed E-state index contributed by atoms with van der Waals surface area (Å²) in [5, 5.41) is 0. The van der Waals surface area contributed by atoms with Crippen LogP contribution >= 0.6 is 0 Å². The topological polar surface area (TPSA) is 55.8 Å². The largest absolute Gasteiger partial charge is 0.468 e. The van der Waals surface area contributed by atoms with E-state index in [9.17, 15) is 9.59 Å². The van der Waals surface area contributed by atoms with Crippen molar-refractivity contribution in [2.24, 2.45) is 0 Å². The average molecular weight is 319 g/mol. The highest BCUT2D eigenvalue weighted by Crippen LogP contribution is 2.25. The van der Waals surface area contributed by atoms with Crippen molar-refractivity contribution >= 4 is 12.1 Å². The molecule has 0 fully saturated rings. The molecule has 0 saturated heterocycles. The molecule has 5 heteroatoms.